The fraction of sp³-hybridized carbons (Fsp3) is 0.714. The van der Waals surface area contributed by atoms with Crippen molar-refractivity contribution in [3.8, 4) is 0 Å². The van der Waals surface area contributed by atoms with Gasteiger partial charge in [-0.3, -0.25) is 4.31 Å². The second-order valence-corrected chi connectivity index (χ2v) is 6.26. The fourth-order valence-corrected chi connectivity index (χ4v) is 3.20. The van der Waals surface area contributed by atoms with Crippen molar-refractivity contribution in [2.45, 2.75) is 13.3 Å². The summed E-state index contributed by atoms with van der Waals surface area (Å²) in [5, 5.41) is 1.73. The molecule has 4 nitrogen and oxygen atoms in total. The second kappa shape index (κ2) is 5.18. The van der Waals surface area contributed by atoms with Crippen LogP contribution < -0.4 is 0 Å². The number of thioether (sulfide) groups is 1. The zero-order chi connectivity index (χ0) is 10.6. The summed E-state index contributed by atoms with van der Waals surface area (Å²) in [6.07, 6.45) is 2.11. The van der Waals surface area contributed by atoms with Crippen molar-refractivity contribution < 1.29 is 12.6 Å². The smallest absolute Gasteiger partial charge is 0.307 e. The van der Waals surface area contributed by atoms with E-state index < -0.39 is 10.1 Å². The Hall–Kier alpha value is -0.0100. The molecule has 0 atom stereocenters. The molecule has 7 heteroatoms. The van der Waals surface area contributed by atoms with Gasteiger partial charge in [0, 0.05) is 11.2 Å². The SMILES string of the molecule is CCCSN1CSC=C1OS(C)(=O)=O. The van der Waals surface area contributed by atoms with Gasteiger partial charge in [0.2, 0.25) is 5.88 Å². The molecular weight excluding hydrogens is 242 g/mol. The highest BCUT2D eigenvalue weighted by molar-refractivity contribution is 8.04. The molecule has 0 bridgehead atoms. The van der Waals surface area contributed by atoms with Crippen LogP contribution in [0, 0.1) is 0 Å². The molecule has 1 heterocycles. The van der Waals surface area contributed by atoms with Crippen molar-refractivity contribution in [2.24, 2.45) is 0 Å². The summed E-state index contributed by atoms with van der Waals surface area (Å²) in [7, 11) is -3.40. The minimum Gasteiger partial charge on any atom is -0.363 e. The number of rotatable bonds is 5. The Bertz CT molecular complexity index is 312. The standard InChI is InChI=1S/C7H13NO3S3/c1-3-4-13-8-6-12-5-7(8)11-14(2,9)10/h5H,3-4,6H2,1-2H3. The number of nitrogens with zero attached hydrogens (tertiary/aromatic N) is 1. The first-order valence-electron chi connectivity index (χ1n) is 4.14. The molecule has 0 saturated heterocycles. The first-order chi connectivity index (χ1) is 6.53. The van der Waals surface area contributed by atoms with Crippen molar-refractivity contribution in [3.05, 3.63) is 11.3 Å². The van der Waals surface area contributed by atoms with Gasteiger partial charge < -0.3 is 4.18 Å². The molecule has 0 N–H and O–H groups in total. The van der Waals surface area contributed by atoms with E-state index in [4.69, 9.17) is 4.18 Å². The van der Waals surface area contributed by atoms with Crippen LogP contribution in [-0.2, 0) is 14.3 Å². The lowest BCUT2D eigenvalue weighted by molar-refractivity contribution is 0.341. The van der Waals surface area contributed by atoms with Gasteiger partial charge in [-0.2, -0.15) is 8.42 Å². The minimum absolute atomic E-state index is 0.427. The van der Waals surface area contributed by atoms with Crippen LogP contribution in [0.3, 0.4) is 0 Å². The number of hydrogen-bond donors (Lipinski definition) is 0. The maximum Gasteiger partial charge on any atom is 0.307 e. The van der Waals surface area contributed by atoms with E-state index in [2.05, 4.69) is 6.92 Å². The molecule has 0 unspecified atom stereocenters. The third-order valence-corrected chi connectivity index (χ3v) is 3.93. The molecule has 1 aliphatic heterocycles. The summed E-state index contributed by atoms with van der Waals surface area (Å²) in [5.74, 6) is 2.14. The van der Waals surface area contributed by atoms with E-state index in [0.717, 1.165) is 24.3 Å². The van der Waals surface area contributed by atoms with Crippen LogP contribution >= 0.6 is 23.7 Å². The Labute approximate surface area is 93.3 Å². The van der Waals surface area contributed by atoms with Crippen LogP contribution in [0.4, 0.5) is 0 Å². The molecule has 1 rings (SSSR count). The molecule has 0 aliphatic carbocycles. The Morgan fingerprint density at radius 1 is 1.71 bits per heavy atom. The first kappa shape index (κ1) is 12.1. The van der Waals surface area contributed by atoms with Crippen molar-refractivity contribution in [1.29, 1.82) is 0 Å². The first-order valence-corrected chi connectivity index (χ1v) is 7.95. The lowest BCUT2D eigenvalue weighted by Crippen LogP contribution is -2.15. The fourth-order valence-electron chi connectivity index (χ4n) is 0.817. The van der Waals surface area contributed by atoms with Crippen molar-refractivity contribution in [1.82, 2.24) is 4.31 Å². The molecule has 14 heavy (non-hydrogen) atoms. The summed E-state index contributed by atoms with van der Waals surface area (Å²) >= 11 is 3.12. The molecule has 0 aromatic heterocycles. The predicted octanol–water partition coefficient (Wildman–Crippen LogP) is 1.83. The van der Waals surface area contributed by atoms with E-state index in [-0.39, 0.29) is 0 Å². The number of hydrogen-bond acceptors (Lipinski definition) is 6. The second-order valence-electron chi connectivity index (χ2n) is 2.75. The molecule has 0 fully saturated rings. The topological polar surface area (TPSA) is 46.6 Å². The van der Waals surface area contributed by atoms with Gasteiger partial charge >= 0.3 is 10.1 Å². The molecule has 0 amide bonds. The minimum atomic E-state index is -3.40. The highest BCUT2D eigenvalue weighted by atomic mass is 32.2. The van der Waals surface area contributed by atoms with E-state index in [0.29, 0.717) is 5.88 Å². The Kier molecular flexibility index (Phi) is 4.46. The van der Waals surface area contributed by atoms with Gasteiger partial charge in [-0.15, -0.1) is 11.8 Å². The third kappa shape index (κ3) is 4.02. The summed E-state index contributed by atoms with van der Waals surface area (Å²) in [4.78, 5) is 0. The van der Waals surface area contributed by atoms with Gasteiger partial charge in [0.05, 0.1) is 12.1 Å². The molecule has 1 aliphatic rings. The van der Waals surface area contributed by atoms with Crippen molar-refractivity contribution in [2.75, 3.05) is 17.9 Å². The van der Waals surface area contributed by atoms with Crippen LogP contribution in [0.25, 0.3) is 0 Å². The molecule has 0 aromatic carbocycles. The van der Waals surface area contributed by atoms with Crippen molar-refractivity contribution in [3.63, 3.8) is 0 Å². The lowest BCUT2D eigenvalue weighted by Gasteiger charge is -2.18. The maximum absolute atomic E-state index is 10.9. The molecule has 0 aromatic rings. The van der Waals surface area contributed by atoms with Crippen LogP contribution in [0.5, 0.6) is 0 Å². The van der Waals surface area contributed by atoms with Crippen molar-refractivity contribution >= 4 is 33.8 Å². The van der Waals surface area contributed by atoms with E-state index in [1.54, 1.807) is 17.4 Å². The van der Waals surface area contributed by atoms with Crippen LogP contribution in [-0.4, -0.2) is 30.6 Å². The van der Waals surface area contributed by atoms with Gasteiger partial charge in [0.25, 0.3) is 0 Å². The summed E-state index contributed by atoms with van der Waals surface area (Å²) < 4.78 is 28.5. The highest BCUT2D eigenvalue weighted by Gasteiger charge is 2.20. The normalized spacial score (nSPS) is 17.0. The van der Waals surface area contributed by atoms with Crippen LogP contribution in [0.15, 0.2) is 11.3 Å². The van der Waals surface area contributed by atoms with Gasteiger partial charge in [0.15, 0.2) is 0 Å². The van der Waals surface area contributed by atoms with Gasteiger partial charge in [0.1, 0.15) is 0 Å². The van der Waals surface area contributed by atoms with E-state index in [1.807, 2.05) is 4.31 Å². The molecule has 82 valence electrons. The quantitative estimate of drug-likeness (QED) is 0.552. The van der Waals surface area contributed by atoms with Crippen LogP contribution in [0.2, 0.25) is 0 Å². The average molecular weight is 255 g/mol. The zero-order valence-electron chi connectivity index (χ0n) is 8.10. The monoisotopic (exact) mass is 255 g/mol. The third-order valence-electron chi connectivity index (χ3n) is 1.31. The maximum atomic E-state index is 10.9. The summed E-state index contributed by atoms with van der Waals surface area (Å²) in [6.45, 7) is 2.08. The average Bonchev–Trinajstić information content (AvgIpc) is 2.45. The van der Waals surface area contributed by atoms with Gasteiger partial charge in [-0.1, -0.05) is 6.92 Å². The van der Waals surface area contributed by atoms with Gasteiger partial charge in [-0.25, -0.2) is 0 Å². The van der Waals surface area contributed by atoms with E-state index in [1.165, 1.54) is 11.8 Å². The largest absolute Gasteiger partial charge is 0.363 e. The van der Waals surface area contributed by atoms with Gasteiger partial charge in [-0.05, 0) is 18.4 Å². The molecule has 0 saturated carbocycles. The summed E-state index contributed by atoms with van der Waals surface area (Å²) in [5.41, 5.74) is 0. The predicted molar refractivity (Wildman–Crippen MR) is 61.1 cm³/mol. The highest BCUT2D eigenvalue weighted by Crippen LogP contribution is 2.31. The molecule has 0 radical (unpaired) electrons. The summed E-state index contributed by atoms with van der Waals surface area (Å²) in [6, 6.07) is 0. The zero-order valence-corrected chi connectivity index (χ0v) is 10.5. The molecule has 0 spiro atoms. The Morgan fingerprint density at radius 2 is 2.43 bits per heavy atom. The lowest BCUT2D eigenvalue weighted by atomic mass is 10.6. The van der Waals surface area contributed by atoms with E-state index >= 15 is 0 Å². The van der Waals surface area contributed by atoms with Crippen LogP contribution in [0.1, 0.15) is 13.3 Å². The Balaban J connectivity index is 2.51. The molecular formula is C7H13NO3S3. The van der Waals surface area contributed by atoms with E-state index in [9.17, 15) is 8.42 Å². The Morgan fingerprint density at radius 3 is 3.00 bits per heavy atom.